The number of piperidine rings is 1. The maximum absolute atomic E-state index is 13.9. The minimum atomic E-state index is -2.61. The Morgan fingerprint density at radius 2 is 2.05 bits per heavy atom. The Bertz CT molecular complexity index is 1570. The number of nitrogens with zero attached hydrogens (tertiary/aromatic N) is 5. The van der Waals surface area contributed by atoms with Crippen molar-refractivity contribution in [1.29, 1.82) is 5.26 Å². The maximum atomic E-state index is 13.9. The minimum absolute atomic E-state index is 0.0268. The Labute approximate surface area is 235 Å². The molecule has 1 aliphatic carbocycles. The van der Waals surface area contributed by atoms with E-state index < -0.39 is 5.92 Å². The Hall–Kier alpha value is -3.94. The molecule has 7 nitrogen and oxygen atoms in total. The molecule has 204 valence electrons. The first kappa shape index (κ1) is 26.3. The molecule has 40 heavy (non-hydrogen) atoms. The van der Waals surface area contributed by atoms with Crippen molar-refractivity contribution in [3.63, 3.8) is 0 Å². The zero-order chi connectivity index (χ0) is 27.7. The number of fused-ring (bicyclic) bond motifs is 1. The zero-order valence-electron chi connectivity index (χ0n) is 21.8. The van der Waals surface area contributed by atoms with Crippen LogP contribution in [0, 0.1) is 11.3 Å². The largest absolute Gasteiger partial charge is 0.298 e. The van der Waals surface area contributed by atoms with Gasteiger partial charge in [-0.25, -0.2) is 13.8 Å². The summed E-state index contributed by atoms with van der Waals surface area (Å²) in [6.07, 6.45) is 6.46. The third-order valence-electron chi connectivity index (χ3n) is 7.59. The third kappa shape index (κ3) is 5.81. The van der Waals surface area contributed by atoms with E-state index in [9.17, 15) is 13.6 Å². The van der Waals surface area contributed by atoms with E-state index in [2.05, 4.69) is 21.5 Å². The van der Waals surface area contributed by atoms with Gasteiger partial charge >= 0.3 is 0 Å². The molecule has 1 aliphatic heterocycles. The average Bonchev–Trinajstić information content (AvgIpc) is 3.59. The number of halogens is 2. The normalized spacial score (nSPS) is 18.6. The molecular formula is C30H28F2N6OS. The van der Waals surface area contributed by atoms with Gasteiger partial charge in [0.2, 0.25) is 0 Å². The number of likely N-dealkylation sites (tertiary alicyclic amines) is 1. The summed E-state index contributed by atoms with van der Waals surface area (Å²) in [6, 6.07) is 17.0. The molecule has 0 spiro atoms. The summed E-state index contributed by atoms with van der Waals surface area (Å²) < 4.78 is 29.7. The molecule has 10 heteroatoms. The van der Waals surface area contributed by atoms with Crippen LogP contribution in [0.2, 0.25) is 0 Å². The maximum Gasteiger partial charge on any atom is 0.260 e. The van der Waals surface area contributed by atoms with Crippen molar-refractivity contribution in [3.8, 4) is 17.2 Å². The lowest BCUT2D eigenvalue weighted by Gasteiger charge is -2.39. The summed E-state index contributed by atoms with van der Waals surface area (Å²) in [5.41, 5.74) is 4.95. The highest BCUT2D eigenvalue weighted by Gasteiger charge is 2.39. The monoisotopic (exact) mass is 558 g/mol. The first-order chi connectivity index (χ1) is 19.3. The van der Waals surface area contributed by atoms with E-state index in [4.69, 9.17) is 5.26 Å². The molecule has 2 aromatic heterocycles. The Kier molecular flexibility index (Phi) is 7.17. The van der Waals surface area contributed by atoms with Crippen LogP contribution >= 0.6 is 11.3 Å². The Morgan fingerprint density at radius 3 is 2.85 bits per heavy atom. The lowest BCUT2D eigenvalue weighted by atomic mass is 9.94. The van der Waals surface area contributed by atoms with Gasteiger partial charge in [0.25, 0.3) is 11.8 Å². The fourth-order valence-electron chi connectivity index (χ4n) is 5.53. The number of amides is 1. The van der Waals surface area contributed by atoms with Crippen LogP contribution in [-0.2, 0) is 19.4 Å². The van der Waals surface area contributed by atoms with Gasteiger partial charge in [-0.05, 0) is 67.6 Å². The molecule has 1 atom stereocenters. The summed E-state index contributed by atoms with van der Waals surface area (Å²) in [5, 5.41) is 16.9. The smallest absolute Gasteiger partial charge is 0.260 e. The van der Waals surface area contributed by atoms with Crippen molar-refractivity contribution in [1.82, 2.24) is 19.7 Å². The second-order valence-electron chi connectivity index (χ2n) is 10.5. The second-order valence-corrected chi connectivity index (χ2v) is 11.6. The first-order valence-corrected chi connectivity index (χ1v) is 14.2. The molecule has 0 saturated carbocycles. The average molecular weight is 559 g/mol. The van der Waals surface area contributed by atoms with Gasteiger partial charge in [-0.1, -0.05) is 24.3 Å². The van der Waals surface area contributed by atoms with Crippen LogP contribution in [-0.4, -0.2) is 50.6 Å². The SMILES string of the molecule is N#Cc1ccc(-c2cnn(Cc3cccc(C(=O)Nc4nc5c(s4)CC(N4CCCC(F)(F)C4)CC5)c3)c2)cc1. The van der Waals surface area contributed by atoms with Crippen LogP contribution in [0.25, 0.3) is 11.1 Å². The van der Waals surface area contributed by atoms with Crippen molar-refractivity contribution >= 4 is 22.4 Å². The minimum Gasteiger partial charge on any atom is -0.298 e. The van der Waals surface area contributed by atoms with Crippen molar-refractivity contribution in [3.05, 3.63) is 88.2 Å². The number of thiazole rings is 1. The number of carbonyl (C=O) groups is 1. The molecule has 1 amide bonds. The van der Waals surface area contributed by atoms with E-state index in [0.29, 0.717) is 42.2 Å². The van der Waals surface area contributed by atoms with Gasteiger partial charge in [-0.2, -0.15) is 10.4 Å². The van der Waals surface area contributed by atoms with E-state index >= 15 is 0 Å². The predicted octanol–water partition coefficient (Wildman–Crippen LogP) is 5.77. The molecule has 3 heterocycles. The molecule has 1 saturated heterocycles. The molecule has 1 N–H and O–H groups in total. The number of alkyl halides is 2. The lowest BCUT2D eigenvalue weighted by Crippen LogP contribution is -2.49. The van der Waals surface area contributed by atoms with Gasteiger partial charge in [0.1, 0.15) is 0 Å². The van der Waals surface area contributed by atoms with E-state index in [1.807, 2.05) is 46.1 Å². The number of rotatable bonds is 6. The number of aromatic nitrogens is 3. The first-order valence-electron chi connectivity index (χ1n) is 13.4. The number of anilines is 1. The molecule has 0 radical (unpaired) electrons. The fraction of sp³-hybridized carbons (Fsp3) is 0.333. The van der Waals surface area contributed by atoms with E-state index in [1.165, 1.54) is 11.3 Å². The van der Waals surface area contributed by atoms with Crippen LogP contribution in [0.5, 0.6) is 0 Å². The standard InChI is InChI=1S/C30H28F2N6OS/c31-30(32)11-2-12-37(19-30)25-9-10-26-27(14-25)40-29(35-26)36-28(39)23-4-1-3-21(13-23)17-38-18-24(16-34-38)22-7-5-20(15-33)6-8-22/h1,3-8,13,16,18,25H,2,9-12,14,17,19H2,(H,35,36,39). The highest BCUT2D eigenvalue weighted by atomic mass is 32.1. The van der Waals surface area contributed by atoms with Crippen LogP contribution < -0.4 is 5.32 Å². The van der Waals surface area contributed by atoms with E-state index in [-0.39, 0.29) is 24.9 Å². The van der Waals surface area contributed by atoms with Crippen LogP contribution in [0.1, 0.15) is 51.3 Å². The molecule has 1 unspecified atom stereocenters. The van der Waals surface area contributed by atoms with Crippen molar-refractivity contribution < 1.29 is 13.6 Å². The van der Waals surface area contributed by atoms with Gasteiger partial charge < -0.3 is 0 Å². The summed E-state index contributed by atoms with van der Waals surface area (Å²) >= 11 is 1.45. The predicted molar refractivity (Wildman–Crippen MR) is 150 cm³/mol. The summed E-state index contributed by atoms with van der Waals surface area (Å²) in [4.78, 5) is 20.7. The summed E-state index contributed by atoms with van der Waals surface area (Å²) in [6.45, 7) is 1.05. The Morgan fingerprint density at radius 1 is 1.20 bits per heavy atom. The molecule has 6 rings (SSSR count). The molecule has 4 aromatic rings. The molecule has 2 aromatic carbocycles. The van der Waals surface area contributed by atoms with Crippen molar-refractivity contribution in [2.45, 2.75) is 50.6 Å². The van der Waals surface area contributed by atoms with E-state index in [0.717, 1.165) is 40.1 Å². The highest BCUT2D eigenvalue weighted by molar-refractivity contribution is 7.15. The van der Waals surface area contributed by atoms with Gasteiger partial charge in [-0.15, -0.1) is 11.3 Å². The number of nitrogens with one attached hydrogen (secondary N) is 1. The van der Waals surface area contributed by atoms with Gasteiger partial charge in [-0.3, -0.25) is 19.7 Å². The number of carbonyl (C=O) groups excluding carboxylic acids is 1. The van der Waals surface area contributed by atoms with Crippen LogP contribution in [0.4, 0.5) is 13.9 Å². The third-order valence-corrected chi connectivity index (χ3v) is 8.62. The van der Waals surface area contributed by atoms with Crippen LogP contribution in [0.3, 0.4) is 0 Å². The highest BCUT2D eigenvalue weighted by Crippen LogP contribution is 2.35. The molecule has 0 bridgehead atoms. The quantitative estimate of drug-likeness (QED) is 0.325. The molecule has 2 aliphatic rings. The summed E-state index contributed by atoms with van der Waals surface area (Å²) in [5.74, 6) is -2.84. The molecule has 1 fully saturated rings. The second kappa shape index (κ2) is 10.9. The summed E-state index contributed by atoms with van der Waals surface area (Å²) in [7, 11) is 0. The number of hydrogen-bond acceptors (Lipinski definition) is 6. The van der Waals surface area contributed by atoms with Crippen LogP contribution in [0.15, 0.2) is 60.9 Å². The number of nitriles is 1. The zero-order valence-corrected chi connectivity index (χ0v) is 22.6. The lowest BCUT2D eigenvalue weighted by molar-refractivity contribution is -0.0761. The topological polar surface area (TPSA) is 86.8 Å². The van der Waals surface area contributed by atoms with E-state index in [1.54, 1.807) is 24.4 Å². The van der Waals surface area contributed by atoms with Crippen molar-refractivity contribution in [2.24, 2.45) is 0 Å². The number of aryl methyl sites for hydroxylation is 1. The number of hydrogen-bond donors (Lipinski definition) is 1. The van der Waals surface area contributed by atoms with Gasteiger partial charge in [0, 0.05) is 34.7 Å². The molecular weight excluding hydrogens is 530 g/mol. The van der Waals surface area contributed by atoms with Crippen molar-refractivity contribution in [2.75, 3.05) is 18.4 Å². The Balaban J connectivity index is 1.09. The van der Waals surface area contributed by atoms with Gasteiger partial charge in [0.05, 0.1) is 36.6 Å². The fourth-order valence-corrected chi connectivity index (χ4v) is 6.61. The van der Waals surface area contributed by atoms with Gasteiger partial charge in [0.15, 0.2) is 5.13 Å². The number of benzene rings is 2.